The van der Waals surface area contributed by atoms with Gasteiger partial charge in [-0.2, -0.15) is 0 Å². The molecule has 0 saturated carbocycles. The van der Waals surface area contributed by atoms with Gasteiger partial charge in [0.25, 0.3) is 0 Å². The van der Waals surface area contributed by atoms with E-state index < -0.39 is 11.9 Å². The number of aromatic nitrogens is 2. The Kier molecular flexibility index (Phi) is 10.5. The van der Waals surface area contributed by atoms with E-state index in [0.29, 0.717) is 11.0 Å². The van der Waals surface area contributed by atoms with Crippen molar-refractivity contribution in [3.8, 4) is 5.75 Å². The van der Waals surface area contributed by atoms with Crippen LogP contribution in [0.3, 0.4) is 0 Å². The van der Waals surface area contributed by atoms with E-state index >= 15 is 0 Å². The van der Waals surface area contributed by atoms with Crippen molar-refractivity contribution >= 4 is 51.1 Å². The molecule has 0 amide bonds. The summed E-state index contributed by atoms with van der Waals surface area (Å²) >= 11 is 0. The molecule has 0 spiro atoms. The van der Waals surface area contributed by atoms with Crippen LogP contribution in [0.25, 0.3) is 21.8 Å². The summed E-state index contributed by atoms with van der Waals surface area (Å²) in [4.78, 5) is 29.9. The number of benzene rings is 3. The Morgan fingerprint density at radius 2 is 1.00 bits per heavy atom. The summed E-state index contributed by atoms with van der Waals surface area (Å²) in [5.41, 5.74) is 4.95. The third-order valence-electron chi connectivity index (χ3n) is 5.35. The minimum Gasteiger partial charge on any atom is -0.872 e. The number of hydrogen-bond donors (Lipinski definition) is 0. The second-order valence-electron chi connectivity index (χ2n) is 8.56. The molecule has 0 aliphatic carbocycles. The number of hydrogen-bond acceptors (Lipinski definition) is 7. The average Bonchev–Trinajstić information content (AvgIpc) is 2.83. The van der Waals surface area contributed by atoms with E-state index in [1.165, 1.54) is 12.1 Å². The summed E-state index contributed by atoms with van der Waals surface area (Å²) in [6.07, 6.45) is 0. The minimum atomic E-state index is -1.19. The van der Waals surface area contributed by atoms with Crippen molar-refractivity contribution in [1.82, 2.24) is 9.97 Å². The molecule has 0 aliphatic rings. The topological polar surface area (TPSA) is 129 Å². The zero-order valence-corrected chi connectivity index (χ0v) is 22.7. The van der Waals surface area contributed by atoms with Crippen LogP contribution in [0.2, 0.25) is 0 Å². The molecule has 5 rings (SSSR count). The standard InChI is InChI=1S/2C11H9NO2.C8H10O.Al/c2*1-7-5-6-8-3-2-4-9(11(13)14)10(8)12-7;1-6-3-7(2)5-8(9)4-6;/h2*2-6H,1H3,(H,13,14);3-5,9H,1-2H3;/q;;;+3/p-3. The van der Waals surface area contributed by atoms with E-state index in [1.807, 2.05) is 70.2 Å². The number of para-hydroxylation sites is 2. The fourth-order valence-corrected chi connectivity index (χ4v) is 3.75. The van der Waals surface area contributed by atoms with Crippen LogP contribution in [-0.4, -0.2) is 39.3 Å². The second kappa shape index (κ2) is 13.3. The molecular formula is C30H25AlN2O5. The Bertz CT molecular complexity index is 1460. The Morgan fingerprint density at radius 3 is 1.34 bits per heavy atom. The summed E-state index contributed by atoms with van der Waals surface area (Å²) < 4.78 is 0. The van der Waals surface area contributed by atoms with Gasteiger partial charge in [-0.25, -0.2) is 0 Å². The summed E-state index contributed by atoms with van der Waals surface area (Å²) in [5.74, 6) is -2.27. The van der Waals surface area contributed by atoms with Gasteiger partial charge in [0.15, 0.2) is 0 Å². The van der Waals surface area contributed by atoms with Crippen molar-refractivity contribution in [3.63, 3.8) is 0 Å². The van der Waals surface area contributed by atoms with Gasteiger partial charge < -0.3 is 24.9 Å². The molecule has 0 radical (unpaired) electrons. The molecule has 0 aliphatic heterocycles. The maximum atomic E-state index is 10.8. The molecule has 188 valence electrons. The molecule has 0 saturated heterocycles. The van der Waals surface area contributed by atoms with E-state index in [2.05, 4.69) is 9.97 Å². The predicted octanol–water partition coefficient (Wildman–Crippen LogP) is 2.81. The van der Waals surface area contributed by atoms with E-state index in [-0.39, 0.29) is 34.2 Å². The second-order valence-corrected chi connectivity index (χ2v) is 8.56. The third-order valence-corrected chi connectivity index (χ3v) is 5.35. The number of carboxylic acids is 2. The monoisotopic (exact) mass is 520 g/mol. The Hall–Kier alpha value is -4.25. The van der Waals surface area contributed by atoms with Crippen LogP contribution in [-0.2, 0) is 0 Å². The van der Waals surface area contributed by atoms with Gasteiger partial charge in [-0.15, -0.1) is 5.75 Å². The predicted molar refractivity (Wildman–Crippen MR) is 143 cm³/mol. The normalized spacial score (nSPS) is 9.89. The number of aromatic carboxylic acids is 2. The number of pyridine rings is 2. The summed E-state index contributed by atoms with van der Waals surface area (Å²) in [6, 6.07) is 22.7. The third kappa shape index (κ3) is 7.87. The van der Waals surface area contributed by atoms with Crippen LogP contribution in [0, 0.1) is 27.7 Å². The molecule has 0 N–H and O–H groups in total. The molecule has 2 aromatic heterocycles. The van der Waals surface area contributed by atoms with Crippen molar-refractivity contribution in [2.45, 2.75) is 27.7 Å². The number of rotatable bonds is 2. The summed E-state index contributed by atoms with van der Waals surface area (Å²) in [6.45, 7) is 7.50. The summed E-state index contributed by atoms with van der Waals surface area (Å²) in [7, 11) is 0. The van der Waals surface area contributed by atoms with Crippen molar-refractivity contribution in [3.05, 3.63) is 113 Å². The van der Waals surface area contributed by atoms with Crippen LogP contribution < -0.4 is 15.3 Å². The zero-order chi connectivity index (χ0) is 27.1. The summed E-state index contributed by atoms with van der Waals surface area (Å²) in [5, 5.41) is 33.9. The molecule has 2 heterocycles. The van der Waals surface area contributed by atoms with Crippen LogP contribution in [0.1, 0.15) is 43.2 Å². The molecule has 0 fully saturated rings. The van der Waals surface area contributed by atoms with E-state index in [4.69, 9.17) is 0 Å². The van der Waals surface area contributed by atoms with Crippen LogP contribution >= 0.6 is 0 Å². The number of carbonyl (C=O) groups is 2. The van der Waals surface area contributed by atoms with Gasteiger partial charge in [0, 0.05) is 33.3 Å². The molecule has 0 atom stereocenters. The quantitative estimate of drug-likeness (QED) is 0.327. The SMILES string of the molecule is Cc1cc(C)cc([O-])c1.Cc1ccc2cccc(C(=O)[O-])c2n1.Cc1ccc2cccc(C(=O)[O-])c2n1.[Al+3]. The van der Waals surface area contributed by atoms with Gasteiger partial charge in [-0.3, -0.25) is 9.97 Å². The molecule has 3 aromatic carbocycles. The smallest absolute Gasteiger partial charge is 0.872 e. The molecule has 8 heteroatoms. The van der Waals surface area contributed by atoms with E-state index in [1.54, 1.807) is 24.3 Å². The fourth-order valence-electron chi connectivity index (χ4n) is 3.75. The number of carboxylic acid groups (broad SMARTS) is 2. The van der Waals surface area contributed by atoms with Gasteiger partial charge in [0.05, 0.1) is 23.0 Å². The van der Waals surface area contributed by atoms with Crippen molar-refractivity contribution in [2.75, 3.05) is 0 Å². The first-order valence-corrected chi connectivity index (χ1v) is 11.5. The number of fused-ring (bicyclic) bond motifs is 2. The first-order valence-electron chi connectivity index (χ1n) is 11.5. The van der Waals surface area contributed by atoms with Crippen LogP contribution in [0.15, 0.2) is 78.9 Å². The molecule has 5 aromatic rings. The molecule has 38 heavy (non-hydrogen) atoms. The number of aryl methyl sites for hydroxylation is 4. The van der Waals surface area contributed by atoms with Gasteiger partial charge in [0.1, 0.15) is 0 Å². The Morgan fingerprint density at radius 1 is 0.605 bits per heavy atom. The van der Waals surface area contributed by atoms with Crippen molar-refractivity contribution < 1.29 is 24.9 Å². The first kappa shape index (κ1) is 30.0. The van der Waals surface area contributed by atoms with Gasteiger partial charge in [0.2, 0.25) is 0 Å². The van der Waals surface area contributed by atoms with E-state index in [9.17, 15) is 24.9 Å². The molecule has 0 bridgehead atoms. The van der Waals surface area contributed by atoms with Gasteiger partial charge in [-0.05, 0) is 39.8 Å². The first-order chi connectivity index (χ1) is 17.5. The average molecular weight is 521 g/mol. The Balaban J connectivity index is 0.000000203. The Labute approximate surface area is 231 Å². The largest absolute Gasteiger partial charge is 3.00 e. The molecular weight excluding hydrogens is 495 g/mol. The molecule has 7 nitrogen and oxygen atoms in total. The molecule has 0 unspecified atom stereocenters. The zero-order valence-electron chi connectivity index (χ0n) is 21.5. The van der Waals surface area contributed by atoms with Crippen LogP contribution in [0.5, 0.6) is 5.75 Å². The maximum absolute atomic E-state index is 10.8. The van der Waals surface area contributed by atoms with Crippen molar-refractivity contribution in [1.29, 1.82) is 0 Å². The maximum Gasteiger partial charge on any atom is 3.00 e. The van der Waals surface area contributed by atoms with Gasteiger partial charge >= 0.3 is 17.4 Å². The number of carbonyl (C=O) groups excluding carboxylic acids is 2. The fraction of sp³-hybridized carbons (Fsp3) is 0.133. The van der Waals surface area contributed by atoms with Crippen LogP contribution in [0.4, 0.5) is 0 Å². The van der Waals surface area contributed by atoms with Gasteiger partial charge in [-0.1, -0.05) is 77.9 Å². The van der Waals surface area contributed by atoms with Crippen molar-refractivity contribution in [2.24, 2.45) is 0 Å². The number of nitrogens with zero attached hydrogens (tertiary/aromatic N) is 2. The minimum absolute atomic E-state index is 0. The van der Waals surface area contributed by atoms with E-state index in [0.717, 1.165) is 33.3 Å².